The first kappa shape index (κ1) is 32.9. The number of pyridine rings is 1. The highest BCUT2D eigenvalue weighted by molar-refractivity contribution is 9.10. The van der Waals surface area contributed by atoms with Gasteiger partial charge in [0.15, 0.2) is 11.6 Å². The highest BCUT2D eigenvalue weighted by Crippen LogP contribution is 2.96. The Kier molecular flexibility index (Phi) is 7.86. The van der Waals surface area contributed by atoms with Gasteiger partial charge < -0.3 is 15.5 Å². The van der Waals surface area contributed by atoms with Crippen LogP contribution in [0.5, 0.6) is 0 Å². The van der Waals surface area contributed by atoms with E-state index in [9.17, 15) is 19.2 Å². The van der Waals surface area contributed by atoms with Crippen LogP contribution in [0.2, 0.25) is 5.02 Å². The number of aryl methyl sites for hydroxylation is 2. The quantitative estimate of drug-likeness (QED) is 0.210. The van der Waals surface area contributed by atoms with Gasteiger partial charge in [0.2, 0.25) is 17.7 Å². The Hall–Kier alpha value is -4.23. The zero-order chi connectivity index (χ0) is 35.1. The van der Waals surface area contributed by atoms with Crippen molar-refractivity contribution >= 4 is 67.8 Å². The van der Waals surface area contributed by atoms with Crippen molar-refractivity contribution in [3.63, 3.8) is 0 Å². The van der Waals surface area contributed by atoms with E-state index in [1.54, 1.807) is 34.1 Å². The normalized spacial score (nSPS) is 27.4. The van der Waals surface area contributed by atoms with Crippen molar-refractivity contribution in [2.45, 2.75) is 77.9 Å². The summed E-state index contributed by atoms with van der Waals surface area (Å²) in [6.07, 6.45) is 8.07. The van der Waals surface area contributed by atoms with Crippen LogP contribution in [0.3, 0.4) is 0 Å². The molecule has 1 spiro atoms. The number of halogens is 2. The summed E-state index contributed by atoms with van der Waals surface area (Å²) in [5.74, 6) is -0.186. The van der Waals surface area contributed by atoms with Crippen LogP contribution in [0.1, 0.15) is 67.8 Å². The minimum Gasteiger partial charge on any atom is -0.355 e. The van der Waals surface area contributed by atoms with E-state index in [0.29, 0.717) is 35.2 Å². The van der Waals surface area contributed by atoms with Crippen LogP contribution < -0.4 is 10.6 Å². The van der Waals surface area contributed by atoms with Crippen LogP contribution in [-0.4, -0.2) is 71.8 Å². The molecule has 9 rings (SSSR count). The van der Waals surface area contributed by atoms with E-state index in [1.807, 2.05) is 13.0 Å². The predicted octanol–water partition coefficient (Wildman–Crippen LogP) is 5.29. The van der Waals surface area contributed by atoms with E-state index < -0.39 is 11.5 Å². The first-order valence-corrected chi connectivity index (χ1v) is 18.2. The minimum atomic E-state index is -0.799. The van der Waals surface area contributed by atoms with Gasteiger partial charge in [-0.25, -0.2) is 15.0 Å². The summed E-state index contributed by atoms with van der Waals surface area (Å²) in [7, 11) is 0. The van der Waals surface area contributed by atoms with Crippen LogP contribution in [0, 0.1) is 23.7 Å². The van der Waals surface area contributed by atoms with Crippen molar-refractivity contribution in [2.75, 3.05) is 11.9 Å². The van der Waals surface area contributed by atoms with Gasteiger partial charge in [0, 0.05) is 66.0 Å². The second-order valence-electron chi connectivity index (χ2n) is 14.2. The summed E-state index contributed by atoms with van der Waals surface area (Å²) in [5, 5.41) is 11.7. The number of rotatable bonds is 4. The summed E-state index contributed by atoms with van der Waals surface area (Å²) in [5.41, 5.74) is 2.93. The van der Waals surface area contributed by atoms with Crippen LogP contribution in [0.25, 0.3) is 22.0 Å². The van der Waals surface area contributed by atoms with Gasteiger partial charge in [0.1, 0.15) is 28.7 Å². The highest BCUT2D eigenvalue weighted by atomic mass is 79.9. The van der Waals surface area contributed by atoms with Crippen molar-refractivity contribution in [1.29, 1.82) is 0 Å². The lowest BCUT2D eigenvalue weighted by molar-refractivity contribution is -0.137. The molecule has 5 aliphatic rings. The van der Waals surface area contributed by atoms with Gasteiger partial charge >= 0.3 is 0 Å². The lowest BCUT2D eigenvalue weighted by Gasteiger charge is -2.24. The minimum absolute atomic E-state index is 0.0140. The fourth-order valence-electron chi connectivity index (χ4n) is 9.06. The molecule has 3 aliphatic heterocycles. The predicted molar refractivity (Wildman–Crippen MR) is 189 cm³/mol. The SMILES string of the molecule is CC(=O)c1nn2c3c(cc(-c4cnc(C)nc4)cc13)CCCCCCC(=O)NC[C@@]13C4[C@@H](C(=O)Nc5nc(Br)ccc5Cl)N(C(=O)C2)[C@@H]1[C@]43C. The first-order valence-electron chi connectivity index (χ1n) is 17.0. The molecular weight excluding hydrogens is 724 g/mol. The number of Topliss-reactive ketones (excluding diaryl/α,β-unsaturated/α-hetero) is 1. The Balaban J connectivity index is 1.21. The van der Waals surface area contributed by atoms with Crippen LogP contribution in [0.15, 0.2) is 41.3 Å². The zero-order valence-electron chi connectivity index (χ0n) is 27.9. The van der Waals surface area contributed by atoms with E-state index in [2.05, 4.69) is 54.5 Å². The molecule has 2 saturated carbocycles. The molecule has 50 heavy (non-hydrogen) atoms. The average molecular weight is 760 g/mol. The number of aromatic nitrogens is 5. The fraction of sp³-hybridized carbons (Fsp3) is 0.444. The summed E-state index contributed by atoms with van der Waals surface area (Å²) < 4.78 is 2.15. The van der Waals surface area contributed by atoms with Gasteiger partial charge in [-0.3, -0.25) is 23.9 Å². The van der Waals surface area contributed by atoms with Gasteiger partial charge in [-0.15, -0.1) is 0 Å². The number of nitrogens with zero attached hydrogens (tertiary/aromatic N) is 6. The molecule has 3 aromatic heterocycles. The largest absolute Gasteiger partial charge is 0.355 e. The van der Waals surface area contributed by atoms with Gasteiger partial charge in [-0.05, 0) is 77.5 Å². The molecule has 0 radical (unpaired) electrons. The number of amides is 3. The zero-order valence-corrected chi connectivity index (χ0v) is 30.3. The molecule has 1 unspecified atom stereocenters. The van der Waals surface area contributed by atoms with E-state index in [1.165, 1.54) is 6.92 Å². The monoisotopic (exact) mass is 758 g/mol. The fourth-order valence-corrected chi connectivity index (χ4v) is 9.53. The third-order valence-corrected chi connectivity index (χ3v) is 12.2. The van der Waals surface area contributed by atoms with Crippen molar-refractivity contribution in [2.24, 2.45) is 16.7 Å². The number of hydrogen-bond acceptors (Lipinski definition) is 8. The summed E-state index contributed by atoms with van der Waals surface area (Å²) in [4.78, 5) is 69.4. The van der Waals surface area contributed by atoms with Crippen LogP contribution >= 0.6 is 27.5 Å². The smallest absolute Gasteiger partial charge is 0.248 e. The number of benzene rings is 1. The maximum atomic E-state index is 14.6. The van der Waals surface area contributed by atoms with Crippen molar-refractivity contribution in [3.8, 4) is 11.1 Å². The second kappa shape index (κ2) is 11.9. The van der Waals surface area contributed by atoms with E-state index in [0.717, 1.165) is 47.9 Å². The Morgan fingerprint density at radius 2 is 1.80 bits per heavy atom. The van der Waals surface area contributed by atoms with E-state index in [4.69, 9.17) is 16.7 Å². The molecule has 258 valence electrons. The Morgan fingerprint density at radius 3 is 2.54 bits per heavy atom. The maximum Gasteiger partial charge on any atom is 0.248 e. The molecule has 5 atom stereocenters. The highest BCUT2D eigenvalue weighted by Gasteiger charge is 3.03. The van der Waals surface area contributed by atoms with Gasteiger partial charge in [0.25, 0.3) is 0 Å². The number of nitrogens with one attached hydrogen (secondary N) is 2. The molecule has 2 saturated heterocycles. The molecule has 14 heteroatoms. The van der Waals surface area contributed by atoms with Crippen molar-refractivity contribution in [3.05, 3.63) is 63.4 Å². The van der Waals surface area contributed by atoms with Crippen molar-refractivity contribution in [1.82, 2.24) is 34.9 Å². The lowest BCUT2D eigenvalue weighted by atomic mass is 9.96. The third kappa shape index (κ3) is 4.98. The number of carbonyl (C=O) groups is 4. The number of ketones is 1. The summed E-state index contributed by atoms with van der Waals surface area (Å²) >= 11 is 9.73. The molecule has 12 nitrogen and oxygen atoms in total. The van der Waals surface area contributed by atoms with Gasteiger partial charge in [-0.1, -0.05) is 31.4 Å². The summed E-state index contributed by atoms with van der Waals surface area (Å²) in [6, 6.07) is 6.28. The Bertz CT molecular complexity index is 2120. The van der Waals surface area contributed by atoms with E-state index in [-0.39, 0.29) is 64.0 Å². The van der Waals surface area contributed by atoms with E-state index >= 15 is 0 Å². The van der Waals surface area contributed by atoms with Gasteiger partial charge in [-0.2, -0.15) is 5.10 Å². The van der Waals surface area contributed by atoms with Gasteiger partial charge in [0.05, 0.1) is 10.5 Å². The van der Waals surface area contributed by atoms with Crippen molar-refractivity contribution < 1.29 is 19.2 Å². The molecule has 6 heterocycles. The molecule has 2 N–H and O–H groups in total. The lowest BCUT2D eigenvalue weighted by Crippen LogP contribution is -2.45. The standard InChI is InChI=1S/C36H36BrClN8O4/c1-18(47)28-23-13-21(22-14-39-19(2)40-15-22)12-20-8-6-4-5-7-9-26(48)41-17-36-31-30(33(50)43-32-24(38)10-11-25(37)42-32)46(34(36)35(31,36)3)27(49)16-45(44-28)29(20)23/h10-15,30-31,34H,4-9,16-17H2,1-3H3,(H,41,48)(H,42,43,50)/t30-,31?,34+,35-,36+/m0/s1. The number of carbonyl (C=O) groups excluding carboxylic acids is 4. The average Bonchev–Trinajstić information content (AvgIpc) is 3.49. The maximum absolute atomic E-state index is 14.6. The number of hydrogen-bond donors (Lipinski definition) is 2. The summed E-state index contributed by atoms with van der Waals surface area (Å²) in [6.45, 7) is 5.64. The number of piperidine rings is 1. The second-order valence-corrected chi connectivity index (χ2v) is 15.4. The molecule has 4 bridgehead atoms. The molecule has 2 aliphatic carbocycles. The van der Waals surface area contributed by atoms with Crippen LogP contribution in [0.4, 0.5) is 5.82 Å². The Labute approximate surface area is 301 Å². The third-order valence-electron chi connectivity index (χ3n) is 11.4. The molecule has 1 aromatic carbocycles. The Morgan fingerprint density at radius 1 is 1.06 bits per heavy atom. The molecule has 4 fully saturated rings. The topological polar surface area (TPSA) is 152 Å². The number of anilines is 1. The first-order chi connectivity index (χ1) is 24.0. The molecule has 4 aromatic rings. The molecule has 3 amide bonds. The van der Waals surface area contributed by atoms with Crippen LogP contribution in [-0.2, 0) is 27.3 Å². The molecular formula is C36H36BrClN8O4.